The van der Waals surface area contributed by atoms with E-state index in [0.29, 0.717) is 13.0 Å². The molecule has 2 rings (SSSR count). The minimum atomic E-state index is -0.147. The number of nitrogens with zero attached hydrogens (tertiary/aromatic N) is 2. The van der Waals surface area contributed by atoms with Gasteiger partial charge < -0.3 is 5.32 Å². The minimum Gasteiger partial charge on any atom is -0.356 e. The normalized spacial score (nSPS) is 17.6. The number of nitrogens with one attached hydrogen (secondary N) is 1. The van der Waals surface area contributed by atoms with Crippen molar-refractivity contribution >= 4 is 17.7 Å². The van der Waals surface area contributed by atoms with Crippen molar-refractivity contribution < 1.29 is 4.79 Å². The number of aromatic nitrogens is 2. The number of rotatable bonds is 4. The van der Waals surface area contributed by atoms with Crippen molar-refractivity contribution in [2.75, 3.05) is 12.3 Å². The number of carbonyl (C=O) groups is 1. The van der Waals surface area contributed by atoms with E-state index in [2.05, 4.69) is 10.3 Å². The summed E-state index contributed by atoms with van der Waals surface area (Å²) in [5, 5.41) is 3.60. The number of amides is 1. The highest BCUT2D eigenvalue weighted by atomic mass is 32.2. The fraction of sp³-hybridized carbons (Fsp3) is 0.667. The topological polar surface area (TPSA) is 64.0 Å². The van der Waals surface area contributed by atoms with Crippen LogP contribution in [0.2, 0.25) is 0 Å². The highest BCUT2D eigenvalue weighted by Gasteiger charge is 2.29. The lowest BCUT2D eigenvalue weighted by Gasteiger charge is -2.19. The van der Waals surface area contributed by atoms with Gasteiger partial charge in [-0.25, -0.2) is 4.98 Å². The Bertz CT molecular complexity index is 590. The molecule has 1 unspecified atom stereocenters. The maximum absolute atomic E-state index is 12.4. The second-order valence-corrected chi connectivity index (χ2v) is 7.39. The van der Waals surface area contributed by atoms with E-state index in [1.54, 1.807) is 22.4 Å². The van der Waals surface area contributed by atoms with Crippen LogP contribution >= 0.6 is 11.8 Å². The van der Waals surface area contributed by atoms with Crippen LogP contribution in [0.3, 0.4) is 0 Å². The van der Waals surface area contributed by atoms with E-state index in [1.807, 2.05) is 27.7 Å². The van der Waals surface area contributed by atoms with Gasteiger partial charge in [0.15, 0.2) is 5.16 Å². The fourth-order valence-electron chi connectivity index (χ4n) is 2.24. The van der Waals surface area contributed by atoms with Crippen molar-refractivity contribution in [3.8, 4) is 0 Å². The van der Waals surface area contributed by atoms with Gasteiger partial charge in [-0.2, -0.15) is 0 Å². The SMILES string of the molecule is CCCNC(=O)CC1CSc2nc(C(C)(C)C)cc(=O)n21. The van der Waals surface area contributed by atoms with Crippen molar-refractivity contribution in [2.24, 2.45) is 0 Å². The fourth-order valence-corrected chi connectivity index (χ4v) is 3.39. The first kappa shape index (κ1) is 16.1. The Hall–Kier alpha value is -1.30. The number of hydrogen-bond acceptors (Lipinski definition) is 4. The summed E-state index contributed by atoms with van der Waals surface area (Å²) >= 11 is 1.56. The number of fused-ring (bicyclic) bond motifs is 1. The molecule has 6 heteroatoms. The van der Waals surface area contributed by atoms with Gasteiger partial charge >= 0.3 is 0 Å². The van der Waals surface area contributed by atoms with E-state index in [9.17, 15) is 9.59 Å². The smallest absolute Gasteiger partial charge is 0.254 e. The first-order valence-corrected chi connectivity index (χ1v) is 8.35. The van der Waals surface area contributed by atoms with Crippen molar-refractivity contribution in [1.29, 1.82) is 0 Å². The summed E-state index contributed by atoms with van der Waals surface area (Å²) in [7, 11) is 0. The second kappa shape index (κ2) is 6.22. The Balaban J connectivity index is 2.21. The highest BCUT2D eigenvalue weighted by molar-refractivity contribution is 7.99. The molecule has 0 saturated carbocycles. The van der Waals surface area contributed by atoms with Crippen molar-refractivity contribution in [3.05, 3.63) is 22.1 Å². The lowest BCUT2D eigenvalue weighted by atomic mass is 9.92. The van der Waals surface area contributed by atoms with Crippen LogP contribution in [0.4, 0.5) is 0 Å². The lowest BCUT2D eigenvalue weighted by molar-refractivity contribution is -0.121. The van der Waals surface area contributed by atoms with Crippen LogP contribution < -0.4 is 10.9 Å². The van der Waals surface area contributed by atoms with Gasteiger partial charge in [-0.3, -0.25) is 14.2 Å². The van der Waals surface area contributed by atoms with Gasteiger partial charge in [-0.15, -0.1) is 0 Å². The molecule has 116 valence electrons. The van der Waals surface area contributed by atoms with E-state index >= 15 is 0 Å². The summed E-state index contributed by atoms with van der Waals surface area (Å²) < 4.78 is 1.67. The monoisotopic (exact) mass is 309 g/mol. The Labute approximate surface area is 129 Å². The summed E-state index contributed by atoms with van der Waals surface area (Å²) in [6.45, 7) is 8.83. The predicted octanol–water partition coefficient (Wildman–Crippen LogP) is 2.10. The van der Waals surface area contributed by atoms with E-state index in [1.165, 1.54) is 0 Å². The van der Waals surface area contributed by atoms with Gasteiger partial charge in [0.1, 0.15) is 0 Å². The number of thioether (sulfide) groups is 1. The molecule has 1 N–H and O–H groups in total. The molecule has 0 aromatic carbocycles. The Kier molecular flexibility index (Phi) is 4.76. The number of carbonyl (C=O) groups excluding carboxylic acids is 1. The maximum atomic E-state index is 12.4. The summed E-state index contributed by atoms with van der Waals surface area (Å²) in [6.07, 6.45) is 1.26. The summed E-state index contributed by atoms with van der Waals surface area (Å²) in [5.41, 5.74) is 0.608. The van der Waals surface area contributed by atoms with Crippen molar-refractivity contribution in [3.63, 3.8) is 0 Å². The third kappa shape index (κ3) is 3.67. The van der Waals surface area contributed by atoms with Gasteiger partial charge in [0.05, 0.1) is 11.7 Å². The molecule has 21 heavy (non-hydrogen) atoms. The third-order valence-corrected chi connectivity index (χ3v) is 4.55. The van der Waals surface area contributed by atoms with Crippen LogP contribution in [0.15, 0.2) is 16.0 Å². The van der Waals surface area contributed by atoms with E-state index in [0.717, 1.165) is 23.0 Å². The third-order valence-electron chi connectivity index (χ3n) is 3.45. The molecule has 0 aliphatic carbocycles. The highest BCUT2D eigenvalue weighted by Crippen LogP contribution is 2.33. The lowest BCUT2D eigenvalue weighted by Crippen LogP contribution is -2.32. The summed E-state index contributed by atoms with van der Waals surface area (Å²) in [4.78, 5) is 28.8. The van der Waals surface area contributed by atoms with Crippen LogP contribution in [0, 0.1) is 0 Å². The standard InChI is InChI=1S/C15H23N3O2S/c1-5-6-16-12(19)7-10-9-21-14-17-11(15(2,3)4)8-13(20)18(10)14/h8,10H,5-7,9H2,1-4H3,(H,16,19). The quantitative estimate of drug-likeness (QED) is 0.865. The zero-order valence-electron chi connectivity index (χ0n) is 13.1. The molecule has 1 amide bonds. The minimum absolute atomic E-state index is 0.00194. The van der Waals surface area contributed by atoms with E-state index in [-0.39, 0.29) is 22.9 Å². The van der Waals surface area contributed by atoms with Gasteiger partial charge in [0, 0.05) is 30.2 Å². The zero-order valence-corrected chi connectivity index (χ0v) is 13.9. The molecule has 0 bridgehead atoms. The number of hydrogen-bond donors (Lipinski definition) is 1. The Morgan fingerprint density at radius 3 is 2.86 bits per heavy atom. The second-order valence-electron chi connectivity index (χ2n) is 6.40. The average molecular weight is 309 g/mol. The van der Waals surface area contributed by atoms with Gasteiger partial charge in [-0.1, -0.05) is 39.5 Å². The van der Waals surface area contributed by atoms with Crippen LogP contribution in [0.5, 0.6) is 0 Å². The van der Waals surface area contributed by atoms with E-state index < -0.39 is 0 Å². The Morgan fingerprint density at radius 1 is 1.52 bits per heavy atom. The first-order valence-electron chi connectivity index (χ1n) is 7.36. The molecule has 0 saturated heterocycles. The van der Waals surface area contributed by atoms with Crippen LogP contribution in [-0.2, 0) is 10.2 Å². The van der Waals surface area contributed by atoms with Crippen LogP contribution in [-0.4, -0.2) is 27.8 Å². The molecule has 1 atom stereocenters. The Morgan fingerprint density at radius 2 is 2.24 bits per heavy atom. The molecule has 1 aromatic heterocycles. The molecular weight excluding hydrogens is 286 g/mol. The average Bonchev–Trinajstić information content (AvgIpc) is 2.79. The molecule has 0 fully saturated rings. The summed E-state index contributed by atoms with van der Waals surface area (Å²) in [5.74, 6) is 0.733. The largest absolute Gasteiger partial charge is 0.356 e. The molecule has 2 heterocycles. The van der Waals surface area contributed by atoms with Crippen molar-refractivity contribution in [1.82, 2.24) is 14.9 Å². The van der Waals surface area contributed by atoms with E-state index in [4.69, 9.17) is 0 Å². The van der Waals surface area contributed by atoms with Crippen LogP contribution in [0.25, 0.3) is 0 Å². The molecular formula is C15H23N3O2S. The summed E-state index contributed by atoms with van der Waals surface area (Å²) in [6, 6.07) is 1.52. The predicted molar refractivity (Wildman–Crippen MR) is 84.9 cm³/mol. The molecule has 0 spiro atoms. The molecule has 1 aliphatic rings. The molecule has 0 radical (unpaired) electrons. The van der Waals surface area contributed by atoms with Crippen LogP contribution in [0.1, 0.15) is 52.3 Å². The zero-order chi connectivity index (χ0) is 15.6. The van der Waals surface area contributed by atoms with Gasteiger partial charge in [0.2, 0.25) is 5.91 Å². The molecule has 5 nitrogen and oxygen atoms in total. The molecule has 1 aromatic rings. The van der Waals surface area contributed by atoms with Gasteiger partial charge in [-0.05, 0) is 6.42 Å². The van der Waals surface area contributed by atoms with Crippen molar-refractivity contribution in [2.45, 2.75) is 57.1 Å². The van der Waals surface area contributed by atoms with Gasteiger partial charge in [0.25, 0.3) is 5.56 Å². The first-order chi connectivity index (χ1) is 9.82. The maximum Gasteiger partial charge on any atom is 0.254 e. The molecule has 1 aliphatic heterocycles.